The van der Waals surface area contributed by atoms with Gasteiger partial charge in [-0.25, -0.2) is 4.98 Å². The summed E-state index contributed by atoms with van der Waals surface area (Å²) in [5.74, 6) is 1.05. The minimum atomic E-state index is 0.531. The van der Waals surface area contributed by atoms with E-state index in [1.807, 2.05) is 12.1 Å². The Balaban J connectivity index is 1.81. The van der Waals surface area contributed by atoms with Crippen LogP contribution < -0.4 is 5.32 Å². The summed E-state index contributed by atoms with van der Waals surface area (Å²) in [6.45, 7) is 8.41. The quantitative estimate of drug-likeness (QED) is 0.650. The fourth-order valence-electron chi connectivity index (χ4n) is 3.81. The van der Waals surface area contributed by atoms with Gasteiger partial charge in [0.05, 0.1) is 11.0 Å². The van der Waals surface area contributed by atoms with Crippen molar-refractivity contribution in [2.45, 2.75) is 46.2 Å². The molecule has 0 amide bonds. The molecule has 1 unspecified atom stereocenters. The average Bonchev–Trinajstić information content (AvgIpc) is 2.94. The molecule has 1 saturated heterocycles. The van der Waals surface area contributed by atoms with E-state index < -0.39 is 0 Å². The highest BCUT2D eigenvalue weighted by Crippen LogP contribution is 2.25. The van der Waals surface area contributed by atoms with E-state index in [9.17, 15) is 0 Å². The highest BCUT2D eigenvalue weighted by atomic mass is 35.5. The van der Waals surface area contributed by atoms with Crippen LogP contribution in [0.15, 0.2) is 42.0 Å². The minimum Gasteiger partial charge on any atom is -0.320 e. The zero-order chi connectivity index (χ0) is 19.0. The fourth-order valence-corrected chi connectivity index (χ4v) is 3.93. The Morgan fingerprint density at radius 3 is 2.67 bits per heavy atom. The molecule has 1 aliphatic rings. The molecule has 1 aliphatic heterocycles. The summed E-state index contributed by atoms with van der Waals surface area (Å²) >= 11 is 6.07. The van der Waals surface area contributed by atoms with E-state index in [2.05, 4.69) is 61.0 Å². The van der Waals surface area contributed by atoms with Crippen LogP contribution in [0.1, 0.15) is 42.3 Å². The van der Waals surface area contributed by atoms with Gasteiger partial charge in [-0.15, -0.1) is 0 Å². The van der Waals surface area contributed by atoms with Gasteiger partial charge in [-0.2, -0.15) is 0 Å². The van der Waals surface area contributed by atoms with Gasteiger partial charge in [0, 0.05) is 17.6 Å². The lowest BCUT2D eigenvalue weighted by atomic mass is 9.99. The van der Waals surface area contributed by atoms with Gasteiger partial charge in [-0.3, -0.25) is 0 Å². The van der Waals surface area contributed by atoms with Crippen molar-refractivity contribution in [3.05, 3.63) is 69.5 Å². The third kappa shape index (κ3) is 3.95. The van der Waals surface area contributed by atoms with Gasteiger partial charge in [0.1, 0.15) is 5.82 Å². The first-order chi connectivity index (χ1) is 13.0. The van der Waals surface area contributed by atoms with Crippen molar-refractivity contribution in [3.63, 3.8) is 0 Å². The third-order valence-corrected chi connectivity index (χ3v) is 5.74. The molecule has 140 valence electrons. The van der Waals surface area contributed by atoms with Crippen molar-refractivity contribution < 1.29 is 0 Å². The SMILES string of the molecule is Cc1cc2nc(C=C3CCNC(C)C3)n(Cc3ccc(Cl)cc3)c2cc1C. The lowest BCUT2D eigenvalue weighted by molar-refractivity contribution is 0.495. The molecule has 27 heavy (non-hydrogen) atoms. The van der Waals surface area contributed by atoms with Gasteiger partial charge in [0.15, 0.2) is 0 Å². The normalized spacial score (nSPS) is 19.1. The molecule has 0 radical (unpaired) electrons. The molecular weight excluding hydrogens is 354 g/mol. The number of aromatic nitrogens is 2. The van der Waals surface area contributed by atoms with Crippen molar-refractivity contribution in [1.29, 1.82) is 0 Å². The topological polar surface area (TPSA) is 29.9 Å². The van der Waals surface area contributed by atoms with Gasteiger partial charge in [-0.05, 0) is 87.2 Å². The van der Waals surface area contributed by atoms with Crippen molar-refractivity contribution in [2.24, 2.45) is 0 Å². The van der Waals surface area contributed by atoms with E-state index in [0.29, 0.717) is 6.04 Å². The van der Waals surface area contributed by atoms with Crippen LogP contribution >= 0.6 is 11.6 Å². The Bertz CT molecular complexity index is 999. The summed E-state index contributed by atoms with van der Waals surface area (Å²) in [4.78, 5) is 4.99. The second kappa shape index (κ2) is 7.49. The van der Waals surface area contributed by atoms with Crippen LogP contribution in [0.4, 0.5) is 0 Å². The lowest BCUT2D eigenvalue weighted by Crippen LogP contribution is -2.32. The molecule has 2 heterocycles. The number of aryl methyl sites for hydroxylation is 2. The molecule has 0 aliphatic carbocycles. The van der Waals surface area contributed by atoms with Crippen LogP contribution in [0.5, 0.6) is 0 Å². The van der Waals surface area contributed by atoms with E-state index in [0.717, 1.165) is 42.3 Å². The number of benzene rings is 2. The smallest absolute Gasteiger partial charge is 0.134 e. The predicted octanol–water partition coefficient (Wildman–Crippen LogP) is 5.51. The number of halogens is 1. The number of fused-ring (bicyclic) bond motifs is 1. The Kier molecular flexibility index (Phi) is 5.07. The number of nitrogens with one attached hydrogen (secondary N) is 1. The molecule has 4 heteroatoms. The summed E-state index contributed by atoms with van der Waals surface area (Å²) in [5.41, 5.74) is 7.56. The Hall–Kier alpha value is -2.10. The highest BCUT2D eigenvalue weighted by Gasteiger charge is 2.15. The average molecular weight is 380 g/mol. The Morgan fingerprint density at radius 2 is 1.93 bits per heavy atom. The van der Waals surface area contributed by atoms with Crippen LogP contribution in [0.25, 0.3) is 17.1 Å². The van der Waals surface area contributed by atoms with Crippen LogP contribution in [0.2, 0.25) is 5.02 Å². The van der Waals surface area contributed by atoms with E-state index >= 15 is 0 Å². The molecule has 0 bridgehead atoms. The lowest BCUT2D eigenvalue weighted by Gasteiger charge is -2.22. The molecular formula is C23H26ClN3. The molecule has 3 nitrogen and oxygen atoms in total. The van der Waals surface area contributed by atoms with Crippen LogP contribution in [0, 0.1) is 13.8 Å². The van der Waals surface area contributed by atoms with Gasteiger partial charge < -0.3 is 9.88 Å². The molecule has 2 aromatic carbocycles. The van der Waals surface area contributed by atoms with Crippen LogP contribution in [-0.4, -0.2) is 22.1 Å². The van der Waals surface area contributed by atoms with Crippen molar-refractivity contribution in [3.8, 4) is 0 Å². The van der Waals surface area contributed by atoms with Crippen LogP contribution in [-0.2, 0) is 6.54 Å². The zero-order valence-electron chi connectivity index (χ0n) is 16.2. The maximum absolute atomic E-state index is 6.07. The second-order valence-corrected chi connectivity index (χ2v) is 8.16. The van der Waals surface area contributed by atoms with E-state index in [4.69, 9.17) is 16.6 Å². The number of hydrogen-bond donors (Lipinski definition) is 1. The maximum Gasteiger partial charge on any atom is 0.134 e. The Morgan fingerprint density at radius 1 is 1.19 bits per heavy atom. The first kappa shape index (κ1) is 18.3. The van der Waals surface area contributed by atoms with E-state index in [-0.39, 0.29) is 0 Å². The fraction of sp³-hybridized carbons (Fsp3) is 0.348. The van der Waals surface area contributed by atoms with E-state index in [1.54, 1.807) is 0 Å². The molecule has 1 fully saturated rings. The molecule has 0 saturated carbocycles. The number of nitrogens with zero attached hydrogens (tertiary/aromatic N) is 2. The zero-order valence-corrected chi connectivity index (χ0v) is 17.0. The predicted molar refractivity (Wildman–Crippen MR) is 114 cm³/mol. The summed E-state index contributed by atoms with van der Waals surface area (Å²) in [5, 5.41) is 4.29. The van der Waals surface area contributed by atoms with E-state index in [1.165, 1.54) is 27.8 Å². The summed E-state index contributed by atoms with van der Waals surface area (Å²) < 4.78 is 2.34. The summed E-state index contributed by atoms with van der Waals surface area (Å²) in [6.07, 6.45) is 4.48. The monoisotopic (exact) mass is 379 g/mol. The van der Waals surface area contributed by atoms with Gasteiger partial charge in [0.25, 0.3) is 0 Å². The third-order valence-electron chi connectivity index (χ3n) is 5.49. The van der Waals surface area contributed by atoms with Gasteiger partial charge >= 0.3 is 0 Å². The second-order valence-electron chi connectivity index (χ2n) is 7.72. The first-order valence-electron chi connectivity index (χ1n) is 9.64. The molecule has 0 spiro atoms. The van der Waals surface area contributed by atoms with Crippen molar-refractivity contribution in [2.75, 3.05) is 6.54 Å². The number of hydrogen-bond acceptors (Lipinski definition) is 2. The van der Waals surface area contributed by atoms with Gasteiger partial charge in [0.2, 0.25) is 0 Å². The Labute approximate surface area is 166 Å². The van der Waals surface area contributed by atoms with Crippen LogP contribution in [0.3, 0.4) is 0 Å². The first-order valence-corrected chi connectivity index (χ1v) is 10.0. The largest absolute Gasteiger partial charge is 0.320 e. The molecule has 1 aromatic heterocycles. The molecule has 4 rings (SSSR count). The summed E-state index contributed by atoms with van der Waals surface area (Å²) in [6, 6.07) is 13.1. The molecule has 1 atom stereocenters. The number of rotatable bonds is 3. The van der Waals surface area contributed by atoms with Crippen molar-refractivity contribution >= 4 is 28.7 Å². The minimum absolute atomic E-state index is 0.531. The number of piperidine rings is 1. The molecule has 3 aromatic rings. The molecule has 1 N–H and O–H groups in total. The van der Waals surface area contributed by atoms with Gasteiger partial charge in [-0.1, -0.05) is 29.3 Å². The maximum atomic E-state index is 6.07. The van der Waals surface area contributed by atoms with Crippen molar-refractivity contribution in [1.82, 2.24) is 14.9 Å². The number of imidazole rings is 1. The standard InChI is InChI=1S/C23H26ClN3/c1-15-10-21-22(11-16(15)2)27(14-18-4-6-20(24)7-5-18)23(26-21)13-19-8-9-25-17(3)12-19/h4-7,10-11,13,17,25H,8-9,12,14H2,1-3H3. The highest BCUT2D eigenvalue weighted by molar-refractivity contribution is 6.30. The summed E-state index contributed by atoms with van der Waals surface area (Å²) in [7, 11) is 0.